The number of sulfonamides is 1. The first-order chi connectivity index (χ1) is 24.6. The summed E-state index contributed by atoms with van der Waals surface area (Å²) < 4.78 is 39.6. The zero-order chi connectivity index (χ0) is 37.6. The summed E-state index contributed by atoms with van der Waals surface area (Å²) in [5.74, 6) is -1.80. The molecule has 3 aliphatic rings. The SMILES string of the molecule is C=C[C@@H]1C[C@]1(NC(=O)[C@@H]1C[C@@H](Oc2cc(-c3ccccc3)nc3cc(OC)ccc23)CN1C(=O)[C@@H](NC(C)=O)C(C)(C)C)C(=O)NS(=O)(=O)C1CC1. The maximum absolute atomic E-state index is 14.3. The van der Waals surface area contributed by atoms with Crippen molar-refractivity contribution >= 4 is 44.6 Å². The fourth-order valence-electron chi connectivity index (χ4n) is 6.75. The minimum absolute atomic E-state index is 0.0101. The van der Waals surface area contributed by atoms with E-state index in [2.05, 4.69) is 21.9 Å². The van der Waals surface area contributed by atoms with Gasteiger partial charge in [-0.2, -0.15) is 0 Å². The first-order valence-corrected chi connectivity index (χ1v) is 18.9. The third-order valence-corrected chi connectivity index (χ3v) is 11.7. The summed E-state index contributed by atoms with van der Waals surface area (Å²) in [6.45, 7) is 10.5. The van der Waals surface area contributed by atoms with E-state index in [-0.39, 0.29) is 19.4 Å². The molecule has 2 aliphatic carbocycles. The second-order valence-electron chi connectivity index (χ2n) is 14.9. The Morgan fingerprint density at radius 2 is 1.79 bits per heavy atom. The second kappa shape index (κ2) is 13.9. The fourth-order valence-corrected chi connectivity index (χ4v) is 8.11. The highest BCUT2D eigenvalue weighted by Gasteiger charge is 2.62. The lowest BCUT2D eigenvalue weighted by Crippen LogP contribution is -2.60. The Morgan fingerprint density at radius 3 is 2.38 bits per heavy atom. The Hall–Kier alpha value is -4.98. The van der Waals surface area contributed by atoms with Crippen LogP contribution in [0.2, 0.25) is 0 Å². The molecule has 0 bridgehead atoms. The molecule has 3 N–H and O–H groups in total. The number of carbonyl (C=O) groups excluding carboxylic acids is 4. The molecule has 2 aromatic carbocycles. The van der Waals surface area contributed by atoms with E-state index in [9.17, 15) is 27.6 Å². The molecule has 0 spiro atoms. The summed E-state index contributed by atoms with van der Waals surface area (Å²) in [5.41, 5.74) is -0.146. The number of pyridine rings is 1. The smallest absolute Gasteiger partial charge is 0.259 e. The number of fused-ring (bicyclic) bond motifs is 1. The molecule has 2 heterocycles. The van der Waals surface area contributed by atoms with Gasteiger partial charge in [0.25, 0.3) is 5.91 Å². The predicted octanol–water partition coefficient (Wildman–Crippen LogP) is 3.48. The van der Waals surface area contributed by atoms with Crippen LogP contribution in [0.15, 0.2) is 67.3 Å². The zero-order valence-corrected chi connectivity index (χ0v) is 30.8. The standard InChI is InChI=1S/C38H45N5O8S/c1-7-24-20-38(24,36(47)42-52(48,49)27-14-15-27)41-34(45)31-18-26(21-43(31)35(46)33(37(3,4)5)39-22(2)44)51-32-19-29(23-11-9-8-10-12-23)40-30-17-25(50-6)13-16-28(30)32/h7-13,16-17,19,24,26-27,31,33H,1,14-15,18,20-21H2,2-6H3,(H,39,44)(H,41,45)(H,42,47)/t24-,26-,31+,33-,38-/m1/s1. The highest BCUT2D eigenvalue weighted by atomic mass is 32.2. The van der Waals surface area contributed by atoms with Gasteiger partial charge in [0.2, 0.25) is 27.7 Å². The Labute approximate surface area is 303 Å². The number of benzene rings is 2. The maximum Gasteiger partial charge on any atom is 0.259 e. The average Bonchev–Trinajstić information content (AvgIpc) is 4.03. The van der Waals surface area contributed by atoms with Crippen molar-refractivity contribution in [3.05, 3.63) is 67.3 Å². The van der Waals surface area contributed by atoms with Crippen LogP contribution in [-0.4, -0.2) is 84.6 Å². The lowest BCUT2D eigenvalue weighted by Gasteiger charge is -2.35. The molecule has 0 unspecified atom stereocenters. The van der Waals surface area contributed by atoms with Crippen LogP contribution in [0.4, 0.5) is 0 Å². The second-order valence-corrected chi connectivity index (χ2v) is 16.9. The number of hydrogen-bond donors (Lipinski definition) is 3. The molecule has 2 saturated carbocycles. The number of aromatic nitrogens is 1. The van der Waals surface area contributed by atoms with Crippen molar-refractivity contribution in [2.45, 2.75) is 82.4 Å². The van der Waals surface area contributed by atoms with E-state index >= 15 is 0 Å². The molecular formula is C38H45N5O8S. The summed E-state index contributed by atoms with van der Waals surface area (Å²) in [5, 5.41) is 5.61. The van der Waals surface area contributed by atoms with Gasteiger partial charge in [0.05, 0.1) is 30.1 Å². The van der Waals surface area contributed by atoms with E-state index in [0.717, 1.165) is 5.56 Å². The number of methoxy groups -OCH3 is 1. The molecule has 5 atom stereocenters. The van der Waals surface area contributed by atoms with Gasteiger partial charge in [0.1, 0.15) is 35.2 Å². The van der Waals surface area contributed by atoms with Crippen LogP contribution < -0.4 is 24.8 Å². The molecule has 1 aliphatic heterocycles. The van der Waals surface area contributed by atoms with Crippen LogP contribution in [0, 0.1) is 11.3 Å². The van der Waals surface area contributed by atoms with Gasteiger partial charge in [-0.1, -0.05) is 57.2 Å². The molecule has 3 fully saturated rings. The Bertz CT molecular complexity index is 2030. The first kappa shape index (κ1) is 36.8. The average molecular weight is 732 g/mol. The highest BCUT2D eigenvalue weighted by Crippen LogP contribution is 2.46. The van der Waals surface area contributed by atoms with Crippen molar-refractivity contribution in [2.24, 2.45) is 11.3 Å². The molecule has 1 aromatic heterocycles. The molecule has 4 amide bonds. The van der Waals surface area contributed by atoms with E-state index in [4.69, 9.17) is 14.5 Å². The van der Waals surface area contributed by atoms with Gasteiger partial charge in [0.15, 0.2) is 0 Å². The number of nitrogens with zero attached hydrogens (tertiary/aromatic N) is 2. The van der Waals surface area contributed by atoms with Gasteiger partial charge < -0.3 is 25.0 Å². The van der Waals surface area contributed by atoms with Crippen molar-refractivity contribution < 1.29 is 37.1 Å². The number of ether oxygens (including phenoxy) is 2. The van der Waals surface area contributed by atoms with Crippen LogP contribution in [0.5, 0.6) is 11.5 Å². The van der Waals surface area contributed by atoms with Crippen LogP contribution in [0.1, 0.15) is 53.4 Å². The molecule has 0 radical (unpaired) electrons. The Balaban J connectivity index is 1.34. The molecule has 13 nitrogen and oxygen atoms in total. The lowest BCUT2D eigenvalue weighted by atomic mass is 9.85. The van der Waals surface area contributed by atoms with Crippen LogP contribution in [0.3, 0.4) is 0 Å². The Kier molecular flexibility index (Phi) is 9.81. The molecule has 52 heavy (non-hydrogen) atoms. The normalized spacial score (nSPS) is 23.3. The van der Waals surface area contributed by atoms with Gasteiger partial charge in [-0.3, -0.25) is 23.9 Å². The third kappa shape index (κ3) is 7.48. The zero-order valence-electron chi connectivity index (χ0n) is 30.0. The third-order valence-electron chi connectivity index (χ3n) is 9.90. The summed E-state index contributed by atoms with van der Waals surface area (Å²) in [6, 6.07) is 14.7. The van der Waals surface area contributed by atoms with Gasteiger partial charge in [-0.25, -0.2) is 13.4 Å². The highest BCUT2D eigenvalue weighted by molar-refractivity contribution is 7.91. The maximum atomic E-state index is 14.3. The number of carbonyl (C=O) groups is 4. The predicted molar refractivity (Wildman–Crippen MR) is 195 cm³/mol. The van der Waals surface area contributed by atoms with Crippen molar-refractivity contribution in [1.29, 1.82) is 0 Å². The van der Waals surface area contributed by atoms with Gasteiger partial charge in [0, 0.05) is 42.3 Å². The summed E-state index contributed by atoms with van der Waals surface area (Å²) in [7, 11) is -2.32. The number of amides is 4. The van der Waals surface area contributed by atoms with Gasteiger partial charge >= 0.3 is 0 Å². The van der Waals surface area contributed by atoms with E-state index < -0.39 is 74.0 Å². The number of rotatable bonds is 12. The minimum Gasteiger partial charge on any atom is -0.497 e. The molecule has 1 saturated heterocycles. The molecule has 276 valence electrons. The van der Waals surface area contributed by atoms with E-state index in [1.807, 2.05) is 63.2 Å². The van der Waals surface area contributed by atoms with Gasteiger partial charge in [-0.05, 0) is 36.8 Å². The quantitative estimate of drug-likeness (QED) is 0.236. The monoisotopic (exact) mass is 731 g/mol. The van der Waals surface area contributed by atoms with Crippen molar-refractivity contribution in [3.63, 3.8) is 0 Å². The van der Waals surface area contributed by atoms with E-state index in [1.165, 1.54) is 17.9 Å². The Morgan fingerprint density at radius 1 is 1.08 bits per heavy atom. The van der Waals surface area contributed by atoms with Crippen molar-refractivity contribution in [2.75, 3.05) is 13.7 Å². The van der Waals surface area contributed by atoms with Crippen LogP contribution in [-0.2, 0) is 29.2 Å². The molecule has 3 aromatic rings. The van der Waals surface area contributed by atoms with Gasteiger partial charge in [-0.15, -0.1) is 6.58 Å². The van der Waals surface area contributed by atoms with Crippen molar-refractivity contribution in [3.8, 4) is 22.8 Å². The number of nitrogens with one attached hydrogen (secondary N) is 3. The topological polar surface area (TPSA) is 173 Å². The molecule has 6 rings (SSSR count). The molecule has 14 heteroatoms. The van der Waals surface area contributed by atoms with Crippen LogP contribution >= 0.6 is 0 Å². The summed E-state index contributed by atoms with van der Waals surface area (Å²) in [4.78, 5) is 60.6. The first-order valence-electron chi connectivity index (χ1n) is 17.4. The van der Waals surface area contributed by atoms with E-state index in [1.54, 1.807) is 19.2 Å². The lowest BCUT2D eigenvalue weighted by molar-refractivity contribution is -0.144. The van der Waals surface area contributed by atoms with E-state index in [0.29, 0.717) is 40.9 Å². The minimum atomic E-state index is -3.89. The number of hydrogen-bond acceptors (Lipinski definition) is 9. The van der Waals surface area contributed by atoms with Crippen molar-refractivity contribution in [1.82, 2.24) is 25.2 Å². The molecular weight excluding hydrogens is 687 g/mol. The van der Waals surface area contributed by atoms with Crippen LogP contribution in [0.25, 0.3) is 22.2 Å². The fraction of sp³-hybridized carbons (Fsp3) is 0.447. The largest absolute Gasteiger partial charge is 0.497 e. The summed E-state index contributed by atoms with van der Waals surface area (Å²) >= 11 is 0. The summed E-state index contributed by atoms with van der Waals surface area (Å²) in [6.07, 6.45) is 1.94. The number of likely N-dealkylation sites (tertiary alicyclic amines) is 1.